The summed E-state index contributed by atoms with van der Waals surface area (Å²) < 4.78 is 2.95. The van der Waals surface area contributed by atoms with E-state index in [0.29, 0.717) is 11.1 Å². The lowest BCUT2D eigenvalue weighted by Crippen LogP contribution is -2.09. The van der Waals surface area contributed by atoms with Crippen molar-refractivity contribution in [3.63, 3.8) is 0 Å². The van der Waals surface area contributed by atoms with E-state index in [1.165, 1.54) is 4.88 Å². The van der Waals surface area contributed by atoms with Crippen molar-refractivity contribution in [1.29, 1.82) is 5.26 Å². The van der Waals surface area contributed by atoms with Gasteiger partial charge in [0.1, 0.15) is 5.00 Å². The maximum atomic E-state index is 12.1. The second-order valence-corrected chi connectivity index (χ2v) is 9.54. The first-order valence-electron chi connectivity index (χ1n) is 9.85. The molecule has 0 saturated carbocycles. The minimum Gasteiger partial charge on any atom is -0.478 e. The molecular formula is C24H21BrN2O2S. The molecule has 0 atom stereocenters. The molecule has 30 heavy (non-hydrogen) atoms. The van der Waals surface area contributed by atoms with Crippen LogP contribution in [0.1, 0.15) is 56.2 Å². The van der Waals surface area contributed by atoms with Gasteiger partial charge in [-0.05, 0) is 80.5 Å². The average Bonchev–Trinajstić information content (AvgIpc) is 3.22. The maximum absolute atomic E-state index is 12.1. The van der Waals surface area contributed by atoms with Crippen LogP contribution in [0.15, 0.2) is 34.8 Å². The molecule has 152 valence electrons. The van der Waals surface area contributed by atoms with Gasteiger partial charge >= 0.3 is 5.97 Å². The van der Waals surface area contributed by atoms with E-state index in [1.54, 1.807) is 11.3 Å². The lowest BCUT2D eigenvalue weighted by Gasteiger charge is -2.11. The van der Waals surface area contributed by atoms with Crippen molar-refractivity contribution < 1.29 is 9.90 Å². The first-order chi connectivity index (χ1) is 14.4. The molecule has 1 aliphatic rings. The van der Waals surface area contributed by atoms with E-state index >= 15 is 0 Å². The van der Waals surface area contributed by atoms with E-state index in [9.17, 15) is 15.2 Å². The van der Waals surface area contributed by atoms with Crippen LogP contribution in [-0.2, 0) is 12.8 Å². The van der Waals surface area contributed by atoms with Gasteiger partial charge in [0.05, 0.1) is 17.2 Å². The van der Waals surface area contributed by atoms with Gasteiger partial charge in [0.2, 0.25) is 0 Å². The zero-order valence-corrected chi connectivity index (χ0v) is 19.2. The van der Waals surface area contributed by atoms with Crippen molar-refractivity contribution in [3.8, 4) is 11.1 Å². The summed E-state index contributed by atoms with van der Waals surface area (Å²) >= 11 is 5.06. The molecule has 1 aliphatic carbocycles. The fourth-order valence-corrected chi connectivity index (χ4v) is 6.06. The number of carbonyl (C=O) groups is 1. The first-order valence-corrected chi connectivity index (χ1v) is 11.5. The van der Waals surface area contributed by atoms with Crippen molar-refractivity contribution in [1.82, 2.24) is 4.57 Å². The normalized spacial score (nSPS) is 13.7. The summed E-state index contributed by atoms with van der Waals surface area (Å²) in [6.45, 7) is 3.97. The molecule has 0 unspecified atom stereocenters. The lowest BCUT2D eigenvalue weighted by molar-refractivity contribution is 0.0696. The quantitative estimate of drug-likeness (QED) is 0.429. The topological polar surface area (TPSA) is 66.0 Å². The zero-order valence-electron chi connectivity index (χ0n) is 16.8. The predicted molar refractivity (Wildman–Crippen MR) is 124 cm³/mol. The Labute approximate surface area is 188 Å². The van der Waals surface area contributed by atoms with Crippen LogP contribution in [0.5, 0.6) is 0 Å². The molecule has 0 radical (unpaired) electrons. The standard InChI is InChI=1S/C24H21BrN2O2S/c1-14-10-17(11-18(13-26)16-6-5-7-19(25)12-16)15(2)27(14)23-22(24(28)29)20-8-3-4-9-21(20)30-23/h5-7,10-12H,3-4,8-9H2,1-2H3,(H,28,29)/b18-11-. The van der Waals surface area contributed by atoms with Crippen LogP contribution in [0.2, 0.25) is 0 Å². The van der Waals surface area contributed by atoms with Gasteiger partial charge in [-0.1, -0.05) is 28.1 Å². The number of aryl methyl sites for hydroxylation is 2. The van der Waals surface area contributed by atoms with Crippen LogP contribution in [0, 0.1) is 25.2 Å². The van der Waals surface area contributed by atoms with Gasteiger partial charge < -0.3 is 9.67 Å². The smallest absolute Gasteiger partial charge is 0.339 e. The highest BCUT2D eigenvalue weighted by atomic mass is 79.9. The van der Waals surface area contributed by atoms with Gasteiger partial charge in [-0.3, -0.25) is 0 Å². The minimum atomic E-state index is -0.860. The fraction of sp³-hybridized carbons (Fsp3) is 0.250. The molecule has 3 aromatic rings. The molecule has 0 bridgehead atoms. The summed E-state index contributed by atoms with van der Waals surface area (Å²) in [4.78, 5) is 13.3. The second-order valence-electron chi connectivity index (χ2n) is 7.54. The Morgan fingerprint density at radius 1 is 1.27 bits per heavy atom. The number of thiophene rings is 1. The van der Waals surface area contributed by atoms with Gasteiger partial charge in [-0.2, -0.15) is 5.26 Å². The summed E-state index contributed by atoms with van der Waals surface area (Å²) in [5, 5.41) is 20.5. The number of hydrogen-bond donors (Lipinski definition) is 1. The Hall–Kier alpha value is -2.62. The second kappa shape index (κ2) is 8.25. The van der Waals surface area contributed by atoms with Gasteiger partial charge in [0.25, 0.3) is 0 Å². The molecule has 4 nitrogen and oxygen atoms in total. The van der Waals surface area contributed by atoms with Crippen molar-refractivity contribution in [2.45, 2.75) is 39.5 Å². The minimum absolute atomic E-state index is 0.444. The Balaban J connectivity index is 1.85. The summed E-state index contributed by atoms with van der Waals surface area (Å²) in [6.07, 6.45) is 5.82. The molecule has 0 spiro atoms. The van der Waals surface area contributed by atoms with Gasteiger partial charge in [0, 0.05) is 20.7 Å². The molecule has 0 aliphatic heterocycles. The van der Waals surface area contributed by atoms with Crippen LogP contribution in [0.3, 0.4) is 0 Å². The summed E-state index contributed by atoms with van der Waals surface area (Å²) in [7, 11) is 0. The molecule has 1 aromatic carbocycles. The largest absolute Gasteiger partial charge is 0.478 e. The third kappa shape index (κ3) is 3.64. The van der Waals surface area contributed by atoms with E-state index in [1.807, 2.05) is 54.8 Å². The Kier molecular flexibility index (Phi) is 5.68. The predicted octanol–water partition coefficient (Wildman–Crippen LogP) is 6.56. The van der Waals surface area contributed by atoms with E-state index in [0.717, 1.165) is 63.2 Å². The van der Waals surface area contributed by atoms with Crippen LogP contribution < -0.4 is 0 Å². The fourth-order valence-electron chi connectivity index (χ4n) is 4.17. The average molecular weight is 481 g/mol. The third-order valence-electron chi connectivity index (χ3n) is 5.60. The van der Waals surface area contributed by atoms with E-state index < -0.39 is 5.97 Å². The summed E-state index contributed by atoms with van der Waals surface area (Å²) in [5.41, 5.74) is 5.69. The number of rotatable bonds is 4. The highest BCUT2D eigenvalue weighted by Gasteiger charge is 2.27. The number of aromatic carboxylic acids is 1. The molecule has 1 N–H and O–H groups in total. The number of benzene rings is 1. The summed E-state index contributed by atoms with van der Waals surface area (Å²) in [5.74, 6) is -0.860. The Bertz CT molecular complexity index is 1230. The maximum Gasteiger partial charge on any atom is 0.339 e. The zero-order chi connectivity index (χ0) is 21.4. The van der Waals surface area contributed by atoms with Crippen molar-refractivity contribution in [2.75, 3.05) is 0 Å². The monoisotopic (exact) mass is 480 g/mol. The molecule has 0 saturated heterocycles. The van der Waals surface area contributed by atoms with E-state index in [-0.39, 0.29) is 0 Å². The number of allylic oxidation sites excluding steroid dienone is 1. The first kappa shape index (κ1) is 20.6. The molecule has 6 heteroatoms. The van der Waals surface area contributed by atoms with Gasteiger partial charge in [-0.25, -0.2) is 4.79 Å². The highest BCUT2D eigenvalue weighted by molar-refractivity contribution is 9.10. The van der Waals surface area contributed by atoms with Crippen molar-refractivity contribution in [2.24, 2.45) is 0 Å². The Morgan fingerprint density at radius 3 is 2.73 bits per heavy atom. The number of carboxylic acid groups (broad SMARTS) is 1. The number of carboxylic acids is 1. The number of halogens is 1. The van der Waals surface area contributed by atoms with E-state index in [4.69, 9.17) is 0 Å². The van der Waals surface area contributed by atoms with Gasteiger partial charge in [-0.15, -0.1) is 11.3 Å². The third-order valence-corrected chi connectivity index (χ3v) is 7.37. The SMILES string of the molecule is Cc1cc(/C=C(/C#N)c2cccc(Br)c2)c(C)n1-c1sc2c(c1C(=O)O)CCCC2. The van der Waals surface area contributed by atoms with Crippen LogP contribution in [-0.4, -0.2) is 15.6 Å². The number of aromatic nitrogens is 1. The number of nitrogens with zero attached hydrogens (tertiary/aromatic N) is 2. The molecule has 2 aromatic heterocycles. The molecule has 2 heterocycles. The highest BCUT2D eigenvalue weighted by Crippen LogP contribution is 2.39. The number of nitriles is 1. The Morgan fingerprint density at radius 2 is 2.03 bits per heavy atom. The number of hydrogen-bond acceptors (Lipinski definition) is 3. The molecule has 0 amide bonds. The van der Waals surface area contributed by atoms with Crippen LogP contribution in [0.4, 0.5) is 0 Å². The van der Waals surface area contributed by atoms with Crippen LogP contribution in [0.25, 0.3) is 16.7 Å². The van der Waals surface area contributed by atoms with E-state index in [2.05, 4.69) is 22.0 Å². The lowest BCUT2D eigenvalue weighted by atomic mass is 9.95. The molecule has 0 fully saturated rings. The number of fused-ring (bicyclic) bond motifs is 1. The van der Waals surface area contributed by atoms with Crippen LogP contribution >= 0.6 is 27.3 Å². The molecular weight excluding hydrogens is 460 g/mol. The van der Waals surface area contributed by atoms with Crippen molar-refractivity contribution in [3.05, 3.63) is 73.3 Å². The summed E-state index contributed by atoms with van der Waals surface area (Å²) in [6, 6.07) is 12.0. The molecule has 4 rings (SSSR count). The van der Waals surface area contributed by atoms with Crippen molar-refractivity contribution >= 4 is 44.9 Å². The van der Waals surface area contributed by atoms with Gasteiger partial charge in [0.15, 0.2) is 0 Å².